The predicted molar refractivity (Wildman–Crippen MR) is 45.0 cm³/mol. The highest BCUT2D eigenvalue weighted by molar-refractivity contribution is 5.09. The zero-order valence-corrected chi connectivity index (χ0v) is 7.80. The minimum atomic E-state index is 0.258. The Morgan fingerprint density at radius 2 is 1.92 bits per heavy atom. The van der Waals surface area contributed by atoms with Crippen LogP contribution in [0.4, 0.5) is 0 Å². The molecule has 3 fully saturated rings. The van der Waals surface area contributed by atoms with E-state index in [0.717, 1.165) is 6.61 Å². The molecule has 1 aliphatic carbocycles. The number of fused-ring (bicyclic) bond motifs is 1. The first-order chi connectivity index (χ1) is 5.62. The van der Waals surface area contributed by atoms with Crippen molar-refractivity contribution in [3.63, 3.8) is 0 Å². The van der Waals surface area contributed by atoms with Crippen molar-refractivity contribution < 1.29 is 9.47 Å². The molecule has 0 N–H and O–H groups in total. The van der Waals surface area contributed by atoms with Crippen LogP contribution in [0.1, 0.15) is 33.1 Å². The van der Waals surface area contributed by atoms with Gasteiger partial charge in [-0.05, 0) is 31.6 Å². The highest BCUT2D eigenvalue weighted by Crippen LogP contribution is 2.56. The van der Waals surface area contributed by atoms with Crippen molar-refractivity contribution in [3.05, 3.63) is 0 Å². The summed E-state index contributed by atoms with van der Waals surface area (Å²) >= 11 is 0. The van der Waals surface area contributed by atoms with Gasteiger partial charge in [-0.3, -0.25) is 0 Å². The topological polar surface area (TPSA) is 25.1 Å². The monoisotopic (exact) mass is 168 g/mol. The van der Waals surface area contributed by atoms with Crippen LogP contribution in [-0.2, 0) is 9.47 Å². The minimum absolute atomic E-state index is 0.258. The van der Waals surface area contributed by atoms with Crippen LogP contribution < -0.4 is 0 Å². The number of hydrogen-bond donors (Lipinski definition) is 0. The van der Waals surface area contributed by atoms with Crippen molar-refractivity contribution in [1.82, 2.24) is 0 Å². The third kappa shape index (κ3) is 0.882. The fourth-order valence-corrected chi connectivity index (χ4v) is 2.57. The summed E-state index contributed by atoms with van der Waals surface area (Å²) in [6, 6.07) is 0. The summed E-state index contributed by atoms with van der Waals surface area (Å²) in [7, 11) is 0. The van der Waals surface area contributed by atoms with E-state index in [1.807, 2.05) is 0 Å². The van der Waals surface area contributed by atoms with Gasteiger partial charge in [0.15, 0.2) is 0 Å². The largest absolute Gasteiger partial charge is 0.373 e. The van der Waals surface area contributed by atoms with Crippen molar-refractivity contribution in [2.75, 3.05) is 6.61 Å². The normalized spacial score (nSPS) is 62.5. The molecule has 3 aliphatic rings. The molecule has 4 atom stereocenters. The van der Waals surface area contributed by atoms with E-state index in [2.05, 4.69) is 13.8 Å². The first-order valence-electron chi connectivity index (χ1n) is 4.92. The van der Waals surface area contributed by atoms with Crippen LogP contribution in [0.3, 0.4) is 0 Å². The summed E-state index contributed by atoms with van der Waals surface area (Å²) in [6.45, 7) is 5.58. The van der Waals surface area contributed by atoms with Gasteiger partial charge in [0.25, 0.3) is 0 Å². The first kappa shape index (κ1) is 7.34. The van der Waals surface area contributed by atoms with Crippen LogP contribution >= 0.6 is 0 Å². The molecule has 2 heterocycles. The lowest BCUT2D eigenvalue weighted by atomic mass is 9.70. The highest BCUT2D eigenvalue weighted by atomic mass is 16.6. The van der Waals surface area contributed by atoms with E-state index >= 15 is 0 Å². The fourth-order valence-electron chi connectivity index (χ4n) is 2.57. The quantitative estimate of drug-likeness (QED) is 0.557. The first-order valence-corrected chi connectivity index (χ1v) is 4.92. The van der Waals surface area contributed by atoms with E-state index in [0.29, 0.717) is 17.6 Å². The average Bonchev–Trinajstić information content (AvgIpc) is 2.79. The van der Waals surface area contributed by atoms with Crippen molar-refractivity contribution in [2.24, 2.45) is 5.41 Å². The molecule has 4 unspecified atom stereocenters. The summed E-state index contributed by atoms with van der Waals surface area (Å²) in [4.78, 5) is 0. The third-order valence-corrected chi connectivity index (χ3v) is 3.99. The Morgan fingerprint density at radius 1 is 1.17 bits per heavy atom. The molecular formula is C10H16O2. The molecular weight excluding hydrogens is 152 g/mol. The molecule has 12 heavy (non-hydrogen) atoms. The highest BCUT2D eigenvalue weighted by Gasteiger charge is 2.61. The van der Waals surface area contributed by atoms with Crippen LogP contribution in [0.5, 0.6) is 0 Å². The van der Waals surface area contributed by atoms with E-state index in [-0.39, 0.29) is 5.60 Å². The van der Waals surface area contributed by atoms with Crippen molar-refractivity contribution in [2.45, 2.75) is 50.9 Å². The summed E-state index contributed by atoms with van der Waals surface area (Å²) in [6.07, 6.45) is 4.82. The van der Waals surface area contributed by atoms with E-state index in [4.69, 9.17) is 9.47 Å². The molecule has 68 valence electrons. The van der Waals surface area contributed by atoms with Crippen LogP contribution in [0.2, 0.25) is 0 Å². The smallest absolute Gasteiger partial charge is 0.0920 e. The van der Waals surface area contributed by atoms with Gasteiger partial charge in [-0.25, -0.2) is 0 Å². The maximum absolute atomic E-state index is 5.68. The van der Waals surface area contributed by atoms with E-state index in [9.17, 15) is 0 Å². The lowest BCUT2D eigenvalue weighted by Gasteiger charge is -2.31. The number of hydrogen-bond acceptors (Lipinski definition) is 2. The zero-order valence-electron chi connectivity index (χ0n) is 7.80. The molecule has 0 aromatic carbocycles. The Labute approximate surface area is 73.2 Å². The second-order valence-corrected chi connectivity index (χ2v) is 5.10. The van der Waals surface area contributed by atoms with Crippen molar-refractivity contribution in [3.8, 4) is 0 Å². The molecule has 0 aromatic rings. The lowest BCUT2D eigenvalue weighted by molar-refractivity contribution is 0.157. The zero-order chi connectivity index (χ0) is 8.40. The number of epoxide rings is 2. The van der Waals surface area contributed by atoms with Gasteiger partial charge in [-0.2, -0.15) is 0 Å². The van der Waals surface area contributed by atoms with E-state index in [1.165, 1.54) is 19.3 Å². The molecule has 0 amide bonds. The Bertz CT molecular complexity index is 224. The molecule has 0 spiro atoms. The predicted octanol–water partition coefficient (Wildman–Crippen LogP) is 1.73. The second-order valence-electron chi connectivity index (χ2n) is 5.10. The molecule has 2 aliphatic heterocycles. The second kappa shape index (κ2) is 1.88. The van der Waals surface area contributed by atoms with Gasteiger partial charge in [0.2, 0.25) is 0 Å². The standard InChI is InChI=1S/C10H16O2/c1-9(8-6-11-8)3-4-10(2)7(5-9)12-10/h7-8H,3-6H2,1-2H3. The maximum atomic E-state index is 5.68. The van der Waals surface area contributed by atoms with Gasteiger partial charge < -0.3 is 9.47 Å². The molecule has 0 aromatic heterocycles. The summed E-state index contributed by atoms with van der Waals surface area (Å²) in [5.74, 6) is 0. The van der Waals surface area contributed by atoms with Crippen LogP contribution in [-0.4, -0.2) is 24.4 Å². The molecule has 1 saturated carbocycles. The third-order valence-electron chi connectivity index (χ3n) is 3.99. The van der Waals surface area contributed by atoms with Gasteiger partial charge in [0.1, 0.15) is 0 Å². The molecule has 3 rings (SSSR count). The Hall–Kier alpha value is -0.0800. The molecule has 2 nitrogen and oxygen atoms in total. The Kier molecular flexibility index (Phi) is 1.15. The molecule has 2 heteroatoms. The van der Waals surface area contributed by atoms with Crippen molar-refractivity contribution in [1.29, 1.82) is 0 Å². The van der Waals surface area contributed by atoms with E-state index in [1.54, 1.807) is 0 Å². The minimum Gasteiger partial charge on any atom is -0.373 e. The van der Waals surface area contributed by atoms with Crippen LogP contribution in [0, 0.1) is 5.41 Å². The Morgan fingerprint density at radius 3 is 2.50 bits per heavy atom. The summed E-state index contributed by atoms with van der Waals surface area (Å²) in [5, 5.41) is 0. The Balaban J connectivity index is 1.75. The van der Waals surface area contributed by atoms with Gasteiger partial charge in [0.05, 0.1) is 24.4 Å². The summed E-state index contributed by atoms with van der Waals surface area (Å²) < 4.78 is 11.1. The SMILES string of the molecule is CC1(C2CO2)CCC2(C)OC2C1. The van der Waals surface area contributed by atoms with Gasteiger partial charge >= 0.3 is 0 Å². The average molecular weight is 168 g/mol. The molecule has 0 bridgehead atoms. The summed E-state index contributed by atoms with van der Waals surface area (Å²) in [5.41, 5.74) is 0.690. The van der Waals surface area contributed by atoms with Gasteiger partial charge in [-0.1, -0.05) is 6.92 Å². The molecule has 2 saturated heterocycles. The molecule has 0 radical (unpaired) electrons. The maximum Gasteiger partial charge on any atom is 0.0920 e. The van der Waals surface area contributed by atoms with Gasteiger partial charge in [-0.15, -0.1) is 0 Å². The lowest BCUT2D eigenvalue weighted by Crippen LogP contribution is -2.33. The number of ether oxygens (including phenoxy) is 2. The van der Waals surface area contributed by atoms with Crippen molar-refractivity contribution >= 4 is 0 Å². The van der Waals surface area contributed by atoms with E-state index < -0.39 is 0 Å². The van der Waals surface area contributed by atoms with Crippen LogP contribution in [0.25, 0.3) is 0 Å². The van der Waals surface area contributed by atoms with Gasteiger partial charge in [0, 0.05) is 0 Å². The van der Waals surface area contributed by atoms with Crippen LogP contribution in [0.15, 0.2) is 0 Å². The fraction of sp³-hybridized carbons (Fsp3) is 1.00. The number of rotatable bonds is 1.